The minimum atomic E-state index is -1.11. The Morgan fingerprint density at radius 3 is 2.62 bits per heavy atom. The van der Waals surface area contributed by atoms with E-state index in [1.54, 1.807) is 0 Å². The van der Waals surface area contributed by atoms with Crippen molar-refractivity contribution in [3.63, 3.8) is 0 Å². The second-order valence-electron chi connectivity index (χ2n) is 3.13. The highest BCUT2D eigenvalue weighted by Crippen LogP contribution is 2.22. The van der Waals surface area contributed by atoms with Crippen LogP contribution in [-0.2, 0) is 9.59 Å². The molecule has 0 heterocycles. The smallest absolute Gasteiger partial charge is 0.328 e. The van der Waals surface area contributed by atoms with Gasteiger partial charge in [-0.3, -0.25) is 4.79 Å². The third-order valence-corrected chi connectivity index (χ3v) is 1.75. The molecule has 0 aromatic heterocycles. The molecule has 0 aliphatic rings. The molecule has 1 aromatic rings. The standard InChI is InChI=1S/C11H11NO4/c1-7(13)12-9-3-4-10(14)8(6-9)2-5-11(15)16/h2-6,14H,1H3,(H,12,13)(H,15,16)/b5-2-. The summed E-state index contributed by atoms with van der Waals surface area (Å²) < 4.78 is 0. The number of hydrogen-bond donors (Lipinski definition) is 3. The third-order valence-electron chi connectivity index (χ3n) is 1.75. The maximum Gasteiger partial charge on any atom is 0.328 e. The SMILES string of the molecule is CC(=O)Nc1ccc(O)c(/C=C\C(=O)O)c1. The number of carboxylic acids is 1. The molecule has 0 aliphatic carbocycles. The van der Waals surface area contributed by atoms with E-state index in [1.165, 1.54) is 31.2 Å². The van der Waals surface area contributed by atoms with Gasteiger partial charge in [-0.15, -0.1) is 0 Å². The molecule has 5 heteroatoms. The van der Waals surface area contributed by atoms with Gasteiger partial charge in [0, 0.05) is 24.3 Å². The highest BCUT2D eigenvalue weighted by molar-refractivity contribution is 5.90. The predicted molar refractivity (Wildman–Crippen MR) is 59.1 cm³/mol. The molecule has 0 radical (unpaired) electrons. The van der Waals surface area contributed by atoms with E-state index in [-0.39, 0.29) is 11.7 Å². The number of amides is 1. The molecule has 1 rings (SSSR count). The van der Waals surface area contributed by atoms with Crippen molar-refractivity contribution in [2.24, 2.45) is 0 Å². The van der Waals surface area contributed by atoms with Crippen molar-refractivity contribution in [1.29, 1.82) is 0 Å². The Balaban J connectivity index is 2.99. The van der Waals surface area contributed by atoms with Crippen LogP contribution in [0.5, 0.6) is 5.75 Å². The minimum absolute atomic E-state index is 0.0494. The molecule has 0 saturated carbocycles. The molecule has 0 bridgehead atoms. The van der Waals surface area contributed by atoms with E-state index < -0.39 is 5.97 Å². The Hall–Kier alpha value is -2.30. The Morgan fingerprint density at radius 1 is 1.38 bits per heavy atom. The third kappa shape index (κ3) is 3.45. The lowest BCUT2D eigenvalue weighted by molar-refractivity contribution is -0.131. The monoisotopic (exact) mass is 221 g/mol. The van der Waals surface area contributed by atoms with E-state index >= 15 is 0 Å². The average molecular weight is 221 g/mol. The van der Waals surface area contributed by atoms with E-state index in [1.807, 2.05) is 0 Å². The molecular weight excluding hydrogens is 210 g/mol. The molecule has 0 fully saturated rings. The predicted octanol–water partition coefficient (Wildman–Crippen LogP) is 1.45. The van der Waals surface area contributed by atoms with Crippen molar-refractivity contribution in [2.75, 3.05) is 5.32 Å². The summed E-state index contributed by atoms with van der Waals surface area (Å²) in [6.45, 7) is 1.36. The van der Waals surface area contributed by atoms with Gasteiger partial charge in [-0.25, -0.2) is 4.79 Å². The Labute approximate surface area is 92.0 Å². The summed E-state index contributed by atoms with van der Waals surface area (Å²) in [7, 11) is 0. The molecule has 0 atom stereocenters. The van der Waals surface area contributed by atoms with Crippen LogP contribution in [0.3, 0.4) is 0 Å². The zero-order valence-corrected chi connectivity index (χ0v) is 8.60. The first kappa shape index (κ1) is 11.8. The van der Waals surface area contributed by atoms with Crippen LogP contribution in [0.25, 0.3) is 6.08 Å². The van der Waals surface area contributed by atoms with Crippen LogP contribution in [0, 0.1) is 0 Å². The molecule has 0 spiro atoms. The van der Waals surface area contributed by atoms with Crippen LogP contribution in [-0.4, -0.2) is 22.1 Å². The largest absolute Gasteiger partial charge is 0.507 e. The normalized spacial score (nSPS) is 10.3. The van der Waals surface area contributed by atoms with E-state index in [9.17, 15) is 14.7 Å². The van der Waals surface area contributed by atoms with Gasteiger partial charge in [0.25, 0.3) is 0 Å². The summed E-state index contributed by atoms with van der Waals surface area (Å²) in [5, 5.41) is 20.4. The molecule has 16 heavy (non-hydrogen) atoms. The lowest BCUT2D eigenvalue weighted by Crippen LogP contribution is -2.05. The van der Waals surface area contributed by atoms with Crippen LogP contribution in [0.4, 0.5) is 5.69 Å². The van der Waals surface area contributed by atoms with Crippen LogP contribution in [0.15, 0.2) is 24.3 Å². The average Bonchev–Trinajstić information content (AvgIpc) is 2.18. The highest BCUT2D eigenvalue weighted by Gasteiger charge is 2.01. The first-order valence-corrected chi connectivity index (χ1v) is 4.50. The van der Waals surface area contributed by atoms with E-state index in [0.717, 1.165) is 6.08 Å². The van der Waals surface area contributed by atoms with E-state index in [4.69, 9.17) is 5.11 Å². The first-order valence-electron chi connectivity index (χ1n) is 4.50. The van der Waals surface area contributed by atoms with Crippen molar-refractivity contribution in [2.45, 2.75) is 6.92 Å². The summed E-state index contributed by atoms with van der Waals surface area (Å²) in [6, 6.07) is 4.39. The fourth-order valence-corrected chi connectivity index (χ4v) is 1.13. The maximum absolute atomic E-state index is 10.8. The van der Waals surface area contributed by atoms with Crippen molar-refractivity contribution in [3.05, 3.63) is 29.8 Å². The highest BCUT2D eigenvalue weighted by atomic mass is 16.4. The lowest BCUT2D eigenvalue weighted by Gasteiger charge is -2.04. The van der Waals surface area contributed by atoms with E-state index in [2.05, 4.69) is 5.32 Å². The number of phenols is 1. The number of carboxylic acid groups (broad SMARTS) is 1. The quantitative estimate of drug-likeness (QED) is 0.532. The number of nitrogens with one attached hydrogen (secondary N) is 1. The second-order valence-corrected chi connectivity index (χ2v) is 3.13. The molecule has 0 aliphatic heterocycles. The number of aliphatic carboxylic acids is 1. The van der Waals surface area contributed by atoms with Gasteiger partial charge < -0.3 is 15.5 Å². The summed E-state index contributed by atoms with van der Waals surface area (Å²) in [5.41, 5.74) is 0.823. The fourth-order valence-electron chi connectivity index (χ4n) is 1.13. The number of carbonyl (C=O) groups excluding carboxylic acids is 1. The molecular formula is C11H11NO4. The van der Waals surface area contributed by atoms with Crippen molar-refractivity contribution in [1.82, 2.24) is 0 Å². The number of hydrogen-bond acceptors (Lipinski definition) is 3. The number of rotatable bonds is 3. The van der Waals surface area contributed by atoms with Gasteiger partial charge in [-0.05, 0) is 24.3 Å². The molecule has 0 saturated heterocycles. The molecule has 1 aromatic carbocycles. The van der Waals surface area contributed by atoms with Crippen LogP contribution in [0.1, 0.15) is 12.5 Å². The number of aromatic hydroxyl groups is 1. The molecule has 5 nitrogen and oxygen atoms in total. The number of phenolic OH excluding ortho intramolecular Hbond substituents is 1. The van der Waals surface area contributed by atoms with E-state index in [0.29, 0.717) is 11.3 Å². The summed E-state index contributed by atoms with van der Waals surface area (Å²) in [6.07, 6.45) is 2.16. The summed E-state index contributed by atoms with van der Waals surface area (Å²) in [5.74, 6) is -1.39. The van der Waals surface area contributed by atoms with Gasteiger partial charge in [0.1, 0.15) is 5.75 Å². The van der Waals surface area contributed by atoms with Gasteiger partial charge in [-0.2, -0.15) is 0 Å². The first-order chi connectivity index (χ1) is 7.49. The van der Waals surface area contributed by atoms with Gasteiger partial charge in [-0.1, -0.05) is 0 Å². The molecule has 84 valence electrons. The zero-order valence-electron chi connectivity index (χ0n) is 8.60. The minimum Gasteiger partial charge on any atom is -0.507 e. The number of carbonyl (C=O) groups is 2. The van der Waals surface area contributed by atoms with Crippen molar-refractivity contribution < 1.29 is 19.8 Å². The number of benzene rings is 1. The zero-order chi connectivity index (χ0) is 12.1. The Morgan fingerprint density at radius 2 is 2.06 bits per heavy atom. The van der Waals surface area contributed by atoms with Gasteiger partial charge >= 0.3 is 5.97 Å². The Bertz CT molecular complexity index is 451. The molecule has 0 unspecified atom stereocenters. The Kier molecular flexibility index (Phi) is 3.66. The fraction of sp³-hybridized carbons (Fsp3) is 0.0909. The van der Waals surface area contributed by atoms with Crippen LogP contribution < -0.4 is 5.32 Å². The van der Waals surface area contributed by atoms with Gasteiger partial charge in [0.15, 0.2) is 0 Å². The topological polar surface area (TPSA) is 86.6 Å². The number of anilines is 1. The van der Waals surface area contributed by atoms with Gasteiger partial charge in [0.05, 0.1) is 0 Å². The van der Waals surface area contributed by atoms with Gasteiger partial charge in [0.2, 0.25) is 5.91 Å². The van der Waals surface area contributed by atoms with Crippen LogP contribution in [0.2, 0.25) is 0 Å². The lowest BCUT2D eigenvalue weighted by atomic mass is 10.1. The summed E-state index contributed by atoms with van der Waals surface area (Å²) >= 11 is 0. The van der Waals surface area contributed by atoms with Crippen molar-refractivity contribution >= 4 is 23.6 Å². The van der Waals surface area contributed by atoms with Crippen molar-refractivity contribution in [3.8, 4) is 5.75 Å². The summed E-state index contributed by atoms with van der Waals surface area (Å²) in [4.78, 5) is 21.1. The second kappa shape index (κ2) is 4.97. The molecule has 3 N–H and O–H groups in total. The van der Waals surface area contributed by atoms with Crippen LogP contribution >= 0.6 is 0 Å². The molecule has 1 amide bonds. The maximum atomic E-state index is 10.8.